The zero-order chi connectivity index (χ0) is 11.1. The lowest BCUT2D eigenvalue weighted by Gasteiger charge is -2.19. The molecule has 0 amide bonds. The maximum Gasteiger partial charge on any atom is 0.107 e. The molecule has 0 saturated carbocycles. The first-order chi connectivity index (χ1) is 7.30. The van der Waals surface area contributed by atoms with Gasteiger partial charge in [0.1, 0.15) is 5.01 Å². The molecule has 0 fully saturated rings. The van der Waals surface area contributed by atoms with Crippen molar-refractivity contribution in [2.75, 3.05) is 13.1 Å². The van der Waals surface area contributed by atoms with Gasteiger partial charge >= 0.3 is 0 Å². The molecule has 4 heteroatoms. The number of hydrogen-bond acceptors (Lipinski definition) is 3. The fraction of sp³-hybridized carbons (Fsp3) is 0.727. The SMILES string of the molecule is CCCN(CCC)Cc1nc(CBr)cs1. The molecule has 1 heterocycles. The third-order valence-electron chi connectivity index (χ3n) is 2.17. The molecule has 0 aromatic carbocycles. The topological polar surface area (TPSA) is 16.1 Å². The number of alkyl halides is 1. The zero-order valence-electron chi connectivity index (χ0n) is 9.50. The second-order valence-electron chi connectivity index (χ2n) is 3.64. The van der Waals surface area contributed by atoms with Crippen molar-refractivity contribution in [2.45, 2.75) is 38.6 Å². The van der Waals surface area contributed by atoms with E-state index < -0.39 is 0 Å². The van der Waals surface area contributed by atoms with E-state index in [-0.39, 0.29) is 0 Å². The van der Waals surface area contributed by atoms with Gasteiger partial charge in [-0.05, 0) is 25.9 Å². The van der Waals surface area contributed by atoms with Gasteiger partial charge in [-0.15, -0.1) is 11.3 Å². The van der Waals surface area contributed by atoms with E-state index in [0.29, 0.717) is 0 Å². The third-order valence-corrected chi connectivity index (χ3v) is 3.63. The lowest BCUT2D eigenvalue weighted by atomic mass is 10.3. The van der Waals surface area contributed by atoms with Crippen molar-refractivity contribution in [3.05, 3.63) is 16.1 Å². The van der Waals surface area contributed by atoms with Gasteiger partial charge in [0.2, 0.25) is 0 Å². The summed E-state index contributed by atoms with van der Waals surface area (Å²) in [4.78, 5) is 7.05. The summed E-state index contributed by atoms with van der Waals surface area (Å²) in [5.74, 6) is 0. The molecular weight excluding hydrogens is 272 g/mol. The van der Waals surface area contributed by atoms with Gasteiger partial charge in [-0.3, -0.25) is 4.90 Å². The molecule has 0 aliphatic rings. The van der Waals surface area contributed by atoms with Crippen molar-refractivity contribution in [1.82, 2.24) is 9.88 Å². The summed E-state index contributed by atoms with van der Waals surface area (Å²) in [6.07, 6.45) is 2.44. The predicted octanol–water partition coefficient (Wildman–Crippen LogP) is 3.66. The Hall–Kier alpha value is 0.0700. The van der Waals surface area contributed by atoms with Crippen LogP contribution in [0.3, 0.4) is 0 Å². The second kappa shape index (κ2) is 7.36. The summed E-state index contributed by atoms with van der Waals surface area (Å²) >= 11 is 5.20. The highest BCUT2D eigenvalue weighted by Gasteiger charge is 2.07. The Morgan fingerprint density at radius 1 is 1.33 bits per heavy atom. The lowest BCUT2D eigenvalue weighted by Crippen LogP contribution is -2.24. The van der Waals surface area contributed by atoms with Crippen LogP contribution in [0.25, 0.3) is 0 Å². The van der Waals surface area contributed by atoms with E-state index in [1.165, 1.54) is 30.9 Å². The van der Waals surface area contributed by atoms with Crippen LogP contribution < -0.4 is 0 Å². The van der Waals surface area contributed by atoms with Crippen LogP contribution in [-0.2, 0) is 11.9 Å². The van der Waals surface area contributed by atoms with Crippen molar-refractivity contribution < 1.29 is 0 Å². The van der Waals surface area contributed by atoms with Gasteiger partial charge in [0, 0.05) is 10.7 Å². The quantitative estimate of drug-likeness (QED) is 0.713. The molecule has 0 spiro atoms. The summed E-state index contributed by atoms with van der Waals surface area (Å²) < 4.78 is 0. The Morgan fingerprint density at radius 2 is 2.00 bits per heavy atom. The Labute approximate surface area is 105 Å². The van der Waals surface area contributed by atoms with Crippen LogP contribution in [0.2, 0.25) is 0 Å². The van der Waals surface area contributed by atoms with Crippen LogP contribution >= 0.6 is 27.3 Å². The first-order valence-electron chi connectivity index (χ1n) is 5.51. The van der Waals surface area contributed by atoms with E-state index in [0.717, 1.165) is 17.6 Å². The fourth-order valence-corrected chi connectivity index (χ4v) is 2.91. The summed E-state index contributed by atoms with van der Waals surface area (Å²) in [7, 11) is 0. The standard InChI is InChI=1S/C11H19BrN2S/c1-3-5-14(6-4-2)8-11-13-10(7-12)9-15-11/h9H,3-8H2,1-2H3. The molecule has 2 nitrogen and oxygen atoms in total. The Bertz CT molecular complexity index is 269. The summed E-state index contributed by atoms with van der Waals surface area (Å²) in [5.41, 5.74) is 1.16. The average molecular weight is 291 g/mol. The first kappa shape index (κ1) is 13.1. The van der Waals surface area contributed by atoms with Crippen molar-refractivity contribution >= 4 is 27.3 Å². The first-order valence-corrected chi connectivity index (χ1v) is 7.51. The molecule has 0 aliphatic carbocycles. The van der Waals surface area contributed by atoms with Gasteiger partial charge in [0.15, 0.2) is 0 Å². The minimum absolute atomic E-state index is 0.866. The van der Waals surface area contributed by atoms with E-state index in [1.54, 1.807) is 11.3 Å². The summed E-state index contributed by atoms with van der Waals surface area (Å²) in [6.45, 7) is 7.83. The minimum atomic E-state index is 0.866. The molecule has 0 bridgehead atoms. The highest BCUT2D eigenvalue weighted by molar-refractivity contribution is 9.08. The lowest BCUT2D eigenvalue weighted by molar-refractivity contribution is 0.266. The van der Waals surface area contributed by atoms with Gasteiger partial charge in [-0.1, -0.05) is 29.8 Å². The fourth-order valence-electron chi connectivity index (χ4n) is 1.58. The average Bonchev–Trinajstić information content (AvgIpc) is 2.66. The van der Waals surface area contributed by atoms with E-state index in [9.17, 15) is 0 Å². The van der Waals surface area contributed by atoms with Crippen LogP contribution in [0, 0.1) is 0 Å². The highest BCUT2D eigenvalue weighted by atomic mass is 79.9. The van der Waals surface area contributed by atoms with Gasteiger partial charge in [0.25, 0.3) is 0 Å². The van der Waals surface area contributed by atoms with Crippen LogP contribution in [0.15, 0.2) is 5.38 Å². The molecule has 1 aromatic rings. The monoisotopic (exact) mass is 290 g/mol. The van der Waals surface area contributed by atoms with E-state index in [2.05, 4.69) is 45.0 Å². The van der Waals surface area contributed by atoms with E-state index in [1.807, 2.05) is 0 Å². The molecule has 15 heavy (non-hydrogen) atoms. The van der Waals surface area contributed by atoms with Crippen molar-refractivity contribution in [3.8, 4) is 0 Å². The molecule has 0 radical (unpaired) electrons. The molecule has 0 aliphatic heterocycles. The molecule has 1 aromatic heterocycles. The van der Waals surface area contributed by atoms with Gasteiger partial charge in [0.05, 0.1) is 12.2 Å². The van der Waals surface area contributed by atoms with Crippen LogP contribution in [0.4, 0.5) is 0 Å². The predicted molar refractivity (Wildman–Crippen MR) is 70.6 cm³/mol. The van der Waals surface area contributed by atoms with Gasteiger partial charge < -0.3 is 0 Å². The molecule has 0 atom stereocenters. The number of halogens is 1. The minimum Gasteiger partial charge on any atom is -0.297 e. The van der Waals surface area contributed by atoms with Gasteiger partial charge in [-0.2, -0.15) is 0 Å². The Balaban J connectivity index is 2.48. The zero-order valence-corrected chi connectivity index (χ0v) is 11.9. The Morgan fingerprint density at radius 3 is 2.47 bits per heavy atom. The molecular formula is C11H19BrN2S. The smallest absolute Gasteiger partial charge is 0.107 e. The van der Waals surface area contributed by atoms with Crippen molar-refractivity contribution in [2.24, 2.45) is 0 Å². The summed E-state index contributed by atoms with van der Waals surface area (Å²) in [6, 6.07) is 0. The Kier molecular flexibility index (Phi) is 6.45. The number of rotatable bonds is 7. The molecule has 1 rings (SSSR count). The van der Waals surface area contributed by atoms with Crippen molar-refractivity contribution in [1.29, 1.82) is 0 Å². The van der Waals surface area contributed by atoms with E-state index in [4.69, 9.17) is 0 Å². The number of nitrogens with zero attached hydrogens (tertiary/aromatic N) is 2. The second-order valence-corrected chi connectivity index (χ2v) is 5.15. The third kappa shape index (κ3) is 4.62. The van der Waals surface area contributed by atoms with Crippen LogP contribution in [-0.4, -0.2) is 23.0 Å². The van der Waals surface area contributed by atoms with Crippen LogP contribution in [0.5, 0.6) is 0 Å². The highest BCUT2D eigenvalue weighted by Crippen LogP contribution is 2.14. The number of aromatic nitrogens is 1. The summed E-state index contributed by atoms with van der Waals surface area (Å²) in [5, 5.41) is 4.25. The number of hydrogen-bond donors (Lipinski definition) is 0. The van der Waals surface area contributed by atoms with Crippen LogP contribution in [0.1, 0.15) is 37.4 Å². The normalized spacial score (nSPS) is 11.2. The van der Waals surface area contributed by atoms with Crippen molar-refractivity contribution in [3.63, 3.8) is 0 Å². The number of thiazole rings is 1. The molecule has 0 N–H and O–H groups in total. The maximum atomic E-state index is 4.56. The maximum absolute atomic E-state index is 4.56. The molecule has 0 saturated heterocycles. The molecule has 86 valence electrons. The van der Waals surface area contributed by atoms with E-state index >= 15 is 0 Å². The van der Waals surface area contributed by atoms with Gasteiger partial charge in [-0.25, -0.2) is 4.98 Å². The molecule has 0 unspecified atom stereocenters. The largest absolute Gasteiger partial charge is 0.297 e.